The van der Waals surface area contributed by atoms with Gasteiger partial charge in [-0.15, -0.1) is 11.3 Å². The zero-order valence-electron chi connectivity index (χ0n) is 11.6. The zero-order valence-corrected chi connectivity index (χ0v) is 12.4. The highest BCUT2D eigenvalue weighted by Crippen LogP contribution is 2.27. The van der Waals surface area contributed by atoms with Gasteiger partial charge in [-0.05, 0) is 37.3 Å². The predicted molar refractivity (Wildman–Crippen MR) is 80.7 cm³/mol. The minimum Gasteiger partial charge on any atom is -0.352 e. The summed E-state index contributed by atoms with van der Waals surface area (Å²) in [5, 5.41) is 3.08. The normalized spacial score (nSPS) is 17.6. The van der Waals surface area contributed by atoms with E-state index < -0.39 is 0 Å². The number of carbonyl (C=O) groups excluding carboxylic acids is 1. The Hall–Kier alpha value is -1.68. The second-order valence-corrected chi connectivity index (χ2v) is 6.25. The number of carbonyl (C=O) groups is 1. The Labute approximate surface area is 123 Å². The number of nitrogens with one attached hydrogen (secondary N) is 1. The van der Waals surface area contributed by atoms with E-state index in [-0.39, 0.29) is 11.8 Å². The molecular formula is C16H18N2OS. The summed E-state index contributed by atoms with van der Waals surface area (Å²) in [6.07, 6.45) is 2.69. The van der Waals surface area contributed by atoms with E-state index >= 15 is 0 Å². The molecule has 1 N–H and O–H groups in total. The number of thiazole rings is 1. The molecule has 1 aliphatic carbocycles. The number of benzene rings is 1. The van der Waals surface area contributed by atoms with Gasteiger partial charge in [-0.1, -0.05) is 24.3 Å². The van der Waals surface area contributed by atoms with E-state index in [0.717, 1.165) is 19.3 Å². The van der Waals surface area contributed by atoms with Crippen LogP contribution in [0.15, 0.2) is 29.8 Å². The summed E-state index contributed by atoms with van der Waals surface area (Å²) < 4.78 is 0. The smallest absolute Gasteiger partial charge is 0.223 e. The third-order valence-electron chi connectivity index (χ3n) is 3.97. The number of hydrogen-bond acceptors (Lipinski definition) is 3. The average molecular weight is 286 g/mol. The van der Waals surface area contributed by atoms with Crippen LogP contribution >= 0.6 is 11.3 Å². The summed E-state index contributed by atoms with van der Waals surface area (Å²) in [6.45, 7) is 2.70. The molecule has 20 heavy (non-hydrogen) atoms. The van der Waals surface area contributed by atoms with Crippen molar-refractivity contribution in [1.82, 2.24) is 10.3 Å². The number of aromatic nitrogens is 1. The Bertz CT molecular complexity index is 620. The fourth-order valence-electron chi connectivity index (χ4n) is 2.66. The fourth-order valence-corrected chi connectivity index (χ4v) is 3.55. The molecule has 1 atom stereocenters. The van der Waals surface area contributed by atoms with Crippen LogP contribution in [0.25, 0.3) is 0 Å². The molecule has 0 saturated carbocycles. The number of fused-ring (bicyclic) bond motifs is 1. The van der Waals surface area contributed by atoms with E-state index in [1.165, 1.54) is 21.7 Å². The largest absolute Gasteiger partial charge is 0.352 e. The van der Waals surface area contributed by atoms with E-state index in [1.807, 2.05) is 17.6 Å². The van der Waals surface area contributed by atoms with Crippen LogP contribution in [0.2, 0.25) is 0 Å². The summed E-state index contributed by atoms with van der Waals surface area (Å²) in [6, 6.07) is 8.18. The lowest BCUT2D eigenvalue weighted by molar-refractivity contribution is -0.125. The molecule has 0 bridgehead atoms. The highest BCUT2D eigenvalue weighted by molar-refractivity contribution is 7.09. The molecule has 4 heteroatoms. The number of rotatable bonds is 3. The standard InChI is InChI=1S/C16H18N2OS/c1-11-4-2-3-5-13(11)9-17-16(19)12-6-7-14-15(8-12)20-10-18-14/h2-5,10,12H,6-9H2,1H3,(H,17,19). The second kappa shape index (κ2) is 5.75. The zero-order chi connectivity index (χ0) is 13.9. The van der Waals surface area contributed by atoms with Gasteiger partial charge in [0.2, 0.25) is 5.91 Å². The topological polar surface area (TPSA) is 42.0 Å². The van der Waals surface area contributed by atoms with E-state index in [0.29, 0.717) is 6.54 Å². The van der Waals surface area contributed by atoms with Gasteiger partial charge in [0.1, 0.15) is 0 Å². The van der Waals surface area contributed by atoms with E-state index in [2.05, 4.69) is 29.4 Å². The molecule has 1 unspecified atom stereocenters. The van der Waals surface area contributed by atoms with Gasteiger partial charge in [0, 0.05) is 17.3 Å². The SMILES string of the molecule is Cc1ccccc1CNC(=O)C1CCc2ncsc2C1. The minimum atomic E-state index is 0.104. The number of aryl methyl sites for hydroxylation is 2. The Kier molecular flexibility index (Phi) is 3.83. The first-order valence-corrected chi connectivity index (χ1v) is 7.85. The van der Waals surface area contributed by atoms with Crippen molar-refractivity contribution in [3.8, 4) is 0 Å². The van der Waals surface area contributed by atoms with Crippen LogP contribution in [-0.2, 0) is 24.2 Å². The third kappa shape index (κ3) is 2.75. The molecule has 3 rings (SSSR count). The molecule has 3 nitrogen and oxygen atoms in total. The summed E-state index contributed by atoms with van der Waals surface area (Å²) in [5.74, 6) is 0.277. The highest BCUT2D eigenvalue weighted by atomic mass is 32.1. The first-order valence-electron chi connectivity index (χ1n) is 6.97. The molecule has 1 aromatic heterocycles. The highest BCUT2D eigenvalue weighted by Gasteiger charge is 2.26. The van der Waals surface area contributed by atoms with E-state index in [1.54, 1.807) is 11.3 Å². The predicted octanol–water partition coefficient (Wildman–Crippen LogP) is 2.87. The van der Waals surface area contributed by atoms with Gasteiger partial charge in [0.15, 0.2) is 0 Å². The molecule has 1 aromatic carbocycles. The summed E-state index contributed by atoms with van der Waals surface area (Å²) in [5.41, 5.74) is 5.49. The van der Waals surface area contributed by atoms with Crippen molar-refractivity contribution in [2.45, 2.75) is 32.7 Å². The van der Waals surface area contributed by atoms with Crippen molar-refractivity contribution in [3.05, 3.63) is 51.5 Å². The van der Waals surface area contributed by atoms with E-state index in [4.69, 9.17) is 0 Å². The van der Waals surface area contributed by atoms with Crippen molar-refractivity contribution in [2.75, 3.05) is 0 Å². The van der Waals surface area contributed by atoms with Crippen molar-refractivity contribution in [2.24, 2.45) is 5.92 Å². The van der Waals surface area contributed by atoms with Crippen molar-refractivity contribution in [3.63, 3.8) is 0 Å². The molecule has 2 aromatic rings. The molecular weight excluding hydrogens is 268 g/mol. The lowest BCUT2D eigenvalue weighted by atomic mass is 9.90. The molecule has 0 spiro atoms. The summed E-state index contributed by atoms with van der Waals surface area (Å²) in [4.78, 5) is 17.9. The summed E-state index contributed by atoms with van der Waals surface area (Å²) in [7, 11) is 0. The van der Waals surface area contributed by atoms with Crippen LogP contribution in [0.5, 0.6) is 0 Å². The van der Waals surface area contributed by atoms with Crippen LogP contribution in [0.4, 0.5) is 0 Å². The Morgan fingerprint density at radius 3 is 3.15 bits per heavy atom. The third-order valence-corrected chi connectivity index (χ3v) is 4.87. The van der Waals surface area contributed by atoms with Crippen LogP contribution in [-0.4, -0.2) is 10.9 Å². The maximum Gasteiger partial charge on any atom is 0.223 e. The van der Waals surface area contributed by atoms with Gasteiger partial charge in [0.25, 0.3) is 0 Å². The van der Waals surface area contributed by atoms with Crippen molar-refractivity contribution < 1.29 is 4.79 Å². The number of nitrogens with zero attached hydrogens (tertiary/aromatic N) is 1. The quantitative estimate of drug-likeness (QED) is 0.942. The van der Waals surface area contributed by atoms with Crippen LogP contribution in [0, 0.1) is 12.8 Å². The van der Waals surface area contributed by atoms with Crippen molar-refractivity contribution >= 4 is 17.2 Å². The van der Waals surface area contributed by atoms with Crippen molar-refractivity contribution in [1.29, 1.82) is 0 Å². The molecule has 1 aliphatic rings. The van der Waals surface area contributed by atoms with Crippen LogP contribution < -0.4 is 5.32 Å². The van der Waals surface area contributed by atoms with Gasteiger partial charge in [-0.25, -0.2) is 4.98 Å². The maximum atomic E-state index is 12.3. The van der Waals surface area contributed by atoms with Crippen LogP contribution in [0.3, 0.4) is 0 Å². The Morgan fingerprint density at radius 2 is 2.30 bits per heavy atom. The molecule has 104 valence electrons. The van der Waals surface area contributed by atoms with E-state index in [9.17, 15) is 4.79 Å². The molecule has 0 aliphatic heterocycles. The molecule has 1 heterocycles. The first kappa shape index (κ1) is 13.3. The molecule has 0 saturated heterocycles. The monoisotopic (exact) mass is 286 g/mol. The molecule has 1 amide bonds. The summed E-state index contributed by atoms with van der Waals surface area (Å²) >= 11 is 1.67. The number of amides is 1. The fraction of sp³-hybridized carbons (Fsp3) is 0.375. The van der Waals surface area contributed by atoms with Gasteiger partial charge < -0.3 is 5.32 Å². The maximum absolute atomic E-state index is 12.3. The number of hydrogen-bond donors (Lipinski definition) is 1. The average Bonchev–Trinajstić information content (AvgIpc) is 2.93. The van der Waals surface area contributed by atoms with Gasteiger partial charge >= 0.3 is 0 Å². The molecule has 0 radical (unpaired) electrons. The molecule has 0 fully saturated rings. The van der Waals surface area contributed by atoms with Gasteiger partial charge in [0.05, 0.1) is 11.2 Å². The minimum absolute atomic E-state index is 0.104. The Morgan fingerprint density at radius 1 is 1.45 bits per heavy atom. The lowest BCUT2D eigenvalue weighted by Crippen LogP contribution is -2.33. The first-order chi connectivity index (χ1) is 9.74. The van der Waals surface area contributed by atoms with Gasteiger partial charge in [-0.3, -0.25) is 4.79 Å². The Balaban J connectivity index is 1.59. The second-order valence-electron chi connectivity index (χ2n) is 5.31. The van der Waals surface area contributed by atoms with Crippen LogP contribution in [0.1, 0.15) is 28.1 Å². The lowest BCUT2D eigenvalue weighted by Gasteiger charge is -2.20. The van der Waals surface area contributed by atoms with Gasteiger partial charge in [-0.2, -0.15) is 0 Å².